The Hall–Kier alpha value is -1.42. The number of aliphatic imine (C=N–C) groups is 1. The minimum atomic E-state index is 0. The van der Waals surface area contributed by atoms with Crippen LogP contribution < -0.4 is 20.1 Å². The average molecular weight is 525 g/mol. The van der Waals surface area contributed by atoms with Gasteiger partial charge in [-0.25, -0.2) is 4.99 Å². The molecule has 1 aromatic carbocycles. The lowest BCUT2D eigenvalue weighted by Gasteiger charge is -2.17. The highest BCUT2D eigenvalue weighted by Gasteiger charge is 2.17. The van der Waals surface area contributed by atoms with Crippen LogP contribution in [-0.2, 0) is 11.3 Å². The number of carbonyl (C=O) groups is 1. The Morgan fingerprint density at radius 2 is 1.96 bits per heavy atom. The number of halogens is 2. The molecule has 7 nitrogen and oxygen atoms in total. The van der Waals surface area contributed by atoms with E-state index in [1.165, 1.54) is 0 Å². The second-order valence-electron chi connectivity index (χ2n) is 6.18. The van der Waals surface area contributed by atoms with Gasteiger partial charge in [0.15, 0.2) is 17.5 Å². The average Bonchev–Trinajstić information content (AvgIpc) is 3.20. The lowest BCUT2D eigenvalue weighted by Crippen LogP contribution is -2.44. The fourth-order valence-corrected chi connectivity index (χ4v) is 3.19. The molecule has 0 atom stereocenters. The van der Waals surface area contributed by atoms with Crippen molar-refractivity contribution in [1.82, 2.24) is 15.5 Å². The standard InChI is InChI=1S/C19H29ClN4O3.HI/c1-4-21-19(23-13-17(25)24-8-6-7-9-24)22-12-14-10-15(20)18(27-5-2)16(11-14)26-3;/h10-11H,4-9,12-13H2,1-3H3,(H2,21,22,23);1H. The number of rotatable bonds is 8. The summed E-state index contributed by atoms with van der Waals surface area (Å²) in [6.07, 6.45) is 2.17. The molecule has 1 aliphatic heterocycles. The summed E-state index contributed by atoms with van der Waals surface area (Å²) in [6, 6.07) is 3.68. The smallest absolute Gasteiger partial charge is 0.241 e. The predicted octanol–water partition coefficient (Wildman–Crippen LogP) is 3.04. The molecule has 1 heterocycles. The first-order valence-electron chi connectivity index (χ1n) is 9.38. The Morgan fingerprint density at radius 3 is 2.57 bits per heavy atom. The first kappa shape index (κ1) is 24.6. The van der Waals surface area contributed by atoms with Crippen LogP contribution in [0.2, 0.25) is 5.02 Å². The number of hydrogen-bond donors (Lipinski definition) is 2. The molecule has 0 radical (unpaired) electrons. The van der Waals surface area contributed by atoms with Crippen molar-refractivity contribution in [2.75, 3.05) is 39.9 Å². The van der Waals surface area contributed by atoms with Crippen molar-refractivity contribution in [3.05, 3.63) is 22.7 Å². The molecule has 1 saturated heterocycles. The van der Waals surface area contributed by atoms with Crippen LogP contribution in [0.25, 0.3) is 0 Å². The van der Waals surface area contributed by atoms with Crippen LogP contribution in [0.5, 0.6) is 11.5 Å². The SMILES string of the molecule is CCNC(=NCc1cc(Cl)c(OCC)c(OC)c1)NCC(=O)N1CCCC1.I. The highest BCUT2D eigenvalue weighted by molar-refractivity contribution is 14.0. The van der Waals surface area contributed by atoms with Gasteiger partial charge in [0.1, 0.15) is 0 Å². The molecule has 28 heavy (non-hydrogen) atoms. The fourth-order valence-electron chi connectivity index (χ4n) is 2.90. The quantitative estimate of drug-likeness (QED) is 0.311. The number of ether oxygens (including phenoxy) is 2. The molecule has 0 bridgehead atoms. The number of nitrogens with zero attached hydrogens (tertiary/aromatic N) is 2. The van der Waals surface area contributed by atoms with Gasteiger partial charge < -0.3 is 25.0 Å². The number of guanidine groups is 1. The van der Waals surface area contributed by atoms with Crippen molar-refractivity contribution in [2.45, 2.75) is 33.2 Å². The molecule has 1 amide bonds. The lowest BCUT2D eigenvalue weighted by molar-refractivity contribution is -0.128. The highest BCUT2D eigenvalue weighted by Crippen LogP contribution is 2.36. The number of hydrogen-bond acceptors (Lipinski definition) is 4. The van der Waals surface area contributed by atoms with Crippen molar-refractivity contribution in [3.63, 3.8) is 0 Å². The molecule has 9 heteroatoms. The normalized spacial score (nSPS) is 13.7. The number of carbonyl (C=O) groups excluding carboxylic acids is 1. The van der Waals surface area contributed by atoms with Gasteiger partial charge in [-0.3, -0.25) is 4.79 Å². The first-order chi connectivity index (χ1) is 13.1. The van der Waals surface area contributed by atoms with Gasteiger partial charge in [-0.1, -0.05) is 11.6 Å². The molecule has 158 valence electrons. The van der Waals surface area contributed by atoms with E-state index in [9.17, 15) is 4.79 Å². The van der Waals surface area contributed by atoms with Crippen LogP contribution in [0, 0.1) is 0 Å². The minimum Gasteiger partial charge on any atom is -0.493 e. The number of benzene rings is 1. The maximum Gasteiger partial charge on any atom is 0.241 e. The van der Waals surface area contributed by atoms with Crippen molar-refractivity contribution in [3.8, 4) is 11.5 Å². The van der Waals surface area contributed by atoms with E-state index in [0.29, 0.717) is 42.2 Å². The summed E-state index contributed by atoms with van der Waals surface area (Å²) < 4.78 is 10.9. The third-order valence-electron chi connectivity index (χ3n) is 4.21. The summed E-state index contributed by atoms with van der Waals surface area (Å²) >= 11 is 6.31. The minimum absolute atomic E-state index is 0. The van der Waals surface area contributed by atoms with Crippen molar-refractivity contribution >= 4 is 47.4 Å². The third-order valence-corrected chi connectivity index (χ3v) is 4.49. The van der Waals surface area contributed by atoms with Gasteiger partial charge in [0, 0.05) is 19.6 Å². The first-order valence-corrected chi connectivity index (χ1v) is 9.76. The molecule has 1 aliphatic rings. The van der Waals surface area contributed by atoms with Crippen LogP contribution >= 0.6 is 35.6 Å². The Morgan fingerprint density at radius 1 is 1.25 bits per heavy atom. The Labute approximate surface area is 189 Å². The Bertz CT molecular complexity index is 667. The molecule has 0 aliphatic carbocycles. The molecular formula is C19H30ClIN4O3. The zero-order valence-electron chi connectivity index (χ0n) is 16.7. The van der Waals surface area contributed by atoms with Crippen LogP contribution in [0.3, 0.4) is 0 Å². The highest BCUT2D eigenvalue weighted by atomic mass is 127. The van der Waals surface area contributed by atoms with E-state index in [-0.39, 0.29) is 36.4 Å². The molecule has 0 aromatic heterocycles. The van der Waals surface area contributed by atoms with Gasteiger partial charge in [0.05, 0.1) is 31.8 Å². The van der Waals surface area contributed by atoms with Gasteiger partial charge in [-0.15, -0.1) is 24.0 Å². The van der Waals surface area contributed by atoms with E-state index in [4.69, 9.17) is 21.1 Å². The Kier molecular flexibility index (Phi) is 11.4. The number of nitrogens with one attached hydrogen (secondary N) is 2. The molecule has 2 rings (SSSR count). The fraction of sp³-hybridized carbons (Fsp3) is 0.579. The van der Waals surface area contributed by atoms with Crippen LogP contribution in [-0.4, -0.2) is 56.7 Å². The lowest BCUT2D eigenvalue weighted by atomic mass is 10.2. The summed E-state index contributed by atoms with van der Waals surface area (Å²) in [7, 11) is 1.58. The van der Waals surface area contributed by atoms with Crippen LogP contribution in [0.15, 0.2) is 17.1 Å². The molecule has 0 unspecified atom stereocenters. The number of likely N-dealkylation sites (tertiary alicyclic amines) is 1. The maximum atomic E-state index is 12.2. The molecule has 0 saturated carbocycles. The zero-order chi connectivity index (χ0) is 19.6. The second kappa shape index (κ2) is 12.9. The van der Waals surface area contributed by atoms with Gasteiger partial charge in [0.2, 0.25) is 5.91 Å². The van der Waals surface area contributed by atoms with Gasteiger partial charge in [-0.05, 0) is 44.4 Å². The summed E-state index contributed by atoms with van der Waals surface area (Å²) in [6.45, 7) is 7.42. The van der Waals surface area contributed by atoms with E-state index in [2.05, 4.69) is 15.6 Å². The molecular weight excluding hydrogens is 495 g/mol. The summed E-state index contributed by atoms with van der Waals surface area (Å²) in [5.41, 5.74) is 0.892. The second-order valence-corrected chi connectivity index (χ2v) is 6.59. The van der Waals surface area contributed by atoms with Crippen molar-refractivity contribution in [1.29, 1.82) is 0 Å². The van der Waals surface area contributed by atoms with E-state index < -0.39 is 0 Å². The molecule has 0 spiro atoms. The van der Waals surface area contributed by atoms with Crippen molar-refractivity contribution in [2.24, 2.45) is 4.99 Å². The largest absolute Gasteiger partial charge is 0.493 e. The maximum absolute atomic E-state index is 12.2. The number of methoxy groups -OCH3 is 1. The van der Waals surface area contributed by atoms with Gasteiger partial charge >= 0.3 is 0 Å². The molecule has 2 N–H and O–H groups in total. The third kappa shape index (κ3) is 7.20. The zero-order valence-corrected chi connectivity index (χ0v) is 19.8. The van der Waals surface area contributed by atoms with Crippen LogP contribution in [0.1, 0.15) is 32.3 Å². The molecule has 1 aromatic rings. The topological polar surface area (TPSA) is 75.2 Å². The van der Waals surface area contributed by atoms with E-state index in [1.807, 2.05) is 30.9 Å². The summed E-state index contributed by atoms with van der Waals surface area (Å²) in [5.74, 6) is 1.81. The van der Waals surface area contributed by atoms with E-state index in [0.717, 1.165) is 31.5 Å². The van der Waals surface area contributed by atoms with Gasteiger partial charge in [0.25, 0.3) is 0 Å². The van der Waals surface area contributed by atoms with Crippen molar-refractivity contribution < 1.29 is 14.3 Å². The Balaban J connectivity index is 0.00000392. The summed E-state index contributed by atoms with van der Waals surface area (Å²) in [5, 5.41) is 6.74. The van der Waals surface area contributed by atoms with E-state index >= 15 is 0 Å². The predicted molar refractivity (Wildman–Crippen MR) is 123 cm³/mol. The molecule has 1 fully saturated rings. The van der Waals surface area contributed by atoms with E-state index in [1.54, 1.807) is 7.11 Å². The van der Waals surface area contributed by atoms with Gasteiger partial charge in [-0.2, -0.15) is 0 Å². The van der Waals surface area contributed by atoms with Crippen LogP contribution in [0.4, 0.5) is 0 Å². The number of amides is 1. The monoisotopic (exact) mass is 524 g/mol. The summed E-state index contributed by atoms with van der Waals surface area (Å²) in [4.78, 5) is 18.6.